The van der Waals surface area contributed by atoms with Gasteiger partial charge in [0.1, 0.15) is 17.2 Å². The number of nitrogens with one attached hydrogen (secondary N) is 2. The molecule has 34 heavy (non-hydrogen) atoms. The predicted octanol–water partition coefficient (Wildman–Crippen LogP) is 4.57. The van der Waals surface area contributed by atoms with E-state index in [1.54, 1.807) is 67.6 Å². The second-order valence-corrected chi connectivity index (χ2v) is 7.21. The van der Waals surface area contributed by atoms with Crippen molar-refractivity contribution in [3.63, 3.8) is 0 Å². The first-order chi connectivity index (χ1) is 16.4. The number of amides is 2. The third-order valence-electron chi connectivity index (χ3n) is 4.95. The standard InChI is InChI=1S/C26H26N2O6/c1-4-22(29)17-10-12-19(13-11-17)34-16-25(30)27-20-14-24(33-3)21(15-23(20)32-2)28-26(31)18-8-6-5-7-9-18/h5-15H,4,16H2,1-3H3,(H,27,30)(H,28,31). The molecule has 2 N–H and O–H groups in total. The van der Waals surface area contributed by atoms with Gasteiger partial charge < -0.3 is 24.8 Å². The van der Waals surface area contributed by atoms with Gasteiger partial charge in [0, 0.05) is 29.7 Å². The minimum Gasteiger partial charge on any atom is -0.494 e. The van der Waals surface area contributed by atoms with E-state index in [9.17, 15) is 14.4 Å². The number of ketones is 1. The second-order valence-electron chi connectivity index (χ2n) is 7.21. The lowest BCUT2D eigenvalue weighted by Crippen LogP contribution is -2.21. The number of benzene rings is 3. The van der Waals surface area contributed by atoms with Crippen molar-refractivity contribution in [2.24, 2.45) is 0 Å². The van der Waals surface area contributed by atoms with E-state index >= 15 is 0 Å². The molecule has 176 valence electrons. The Balaban J connectivity index is 1.68. The zero-order valence-corrected chi connectivity index (χ0v) is 19.2. The van der Waals surface area contributed by atoms with Crippen LogP contribution in [-0.4, -0.2) is 38.4 Å². The van der Waals surface area contributed by atoms with E-state index in [-0.39, 0.29) is 18.3 Å². The molecule has 0 aliphatic rings. The zero-order valence-electron chi connectivity index (χ0n) is 19.2. The quantitative estimate of drug-likeness (QED) is 0.428. The van der Waals surface area contributed by atoms with Crippen molar-refractivity contribution in [1.29, 1.82) is 0 Å². The van der Waals surface area contributed by atoms with Crippen molar-refractivity contribution in [3.8, 4) is 17.2 Å². The lowest BCUT2D eigenvalue weighted by molar-refractivity contribution is -0.118. The van der Waals surface area contributed by atoms with Crippen LogP contribution >= 0.6 is 0 Å². The number of Topliss-reactive ketones (excluding diaryl/α,β-unsaturated/α-hetero) is 1. The molecule has 0 bridgehead atoms. The summed E-state index contributed by atoms with van der Waals surface area (Å²) in [5.41, 5.74) is 1.83. The summed E-state index contributed by atoms with van der Waals surface area (Å²) in [4.78, 5) is 36.7. The minimum atomic E-state index is -0.421. The van der Waals surface area contributed by atoms with E-state index in [1.165, 1.54) is 14.2 Å². The summed E-state index contributed by atoms with van der Waals surface area (Å²) in [6.07, 6.45) is 0.419. The molecule has 0 atom stereocenters. The molecule has 0 spiro atoms. The van der Waals surface area contributed by atoms with Gasteiger partial charge in [-0.05, 0) is 36.4 Å². The van der Waals surface area contributed by atoms with Crippen LogP contribution in [0.2, 0.25) is 0 Å². The van der Waals surface area contributed by atoms with E-state index < -0.39 is 5.91 Å². The Morgan fingerprint density at radius 3 is 1.91 bits per heavy atom. The summed E-state index contributed by atoms with van der Waals surface area (Å²) in [6, 6.07) is 18.5. The molecule has 0 radical (unpaired) electrons. The van der Waals surface area contributed by atoms with Gasteiger partial charge in [-0.1, -0.05) is 25.1 Å². The van der Waals surface area contributed by atoms with Gasteiger partial charge in [-0.2, -0.15) is 0 Å². The fourth-order valence-electron chi connectivity index (χ4n) is 3.15. The third-order valence-corrected chi connectivity index (χ3v) is 4.95. The van der Waals surface area contributed by atoms with Crippen molar-refractivity contribution in [3.05, 3.63) is 77.9 Å². The van der Waals surface area contributed by atoms with Gasteiger partial charge in [0.25, 0.3) is 11.8 Å². The maximum absolute atomic E-state index is 12.5. The lowest BCUT2D eigenvalue weighted by Gasteiger charge is -2.16. The number of methoxy groups -OCH3 is 2. The fourth-order valence-corrected chi connectivity index (χ4v) is 3.15. The van der Waals surface area contributed by atoms with E-state index in [1.807, 2.05) is 6.07 Å². The van der Waals surface area contributed by atoms with Crippen molar-refractivity contribution >= 4 is 29.0 Å². The van der Waals surface area contributed by atoms with Crippen molar-refractivity contribution < 1.29 is 28.6 Å². The molecule has 0 saturated carbocycles. The van der Waals surface area contributed by atoms with Crippen molar-refractivity contribution in [1.82, 2.24) is 0 Å². The summed E-state index contributed by atoms with van der Waals surface area (Å²) in [5.74, 6) is 0.449. The van der Waals surface area contributed by atoms with Gasteiger partial charge in [0.15, 0.2) is 12.4 Å². The van der Waals surface area contributed by atoms with Gasteiger partial charge >= 0.3 is 0 Å². The van der Waals surface area contributed by atoms with Gasteiger partial charge in [0.2, 0.25) is 0 Å². The molecule has 0 heterocycles. The van der Waals surface area contributed by atoms with Gasteiger partial charge in [0.05, 0.1) is 25.6 Å². The monoisotopic (exact) mass is 462 g/mol. The normalized spacial score (nSPS) is 10.2. The number of carbonyl (C=O) groups is 3. The molecule has 0 fully saturated rings. The Hall–Kier alpha value is -4.33. The first kappa shape index (κ1) is 24.3. The van der Waals surface area contributed by atoms with Crippen molar-refractivity contribution in [2.75, 3.05) is 31.5 Å². The summed E-state index contributed by atoms with van der Waals surface area (Å²) >= 11 is 0. The van der Waals surface area contributed by atoms with E-state index in [0.717, 1.165) is 0 Å². The number of rotatable bonds is 10. The Bertz CT molecular complexity index is 1160. The molecule has 3 aromatic rings. The highest BCUT2D eigenvalue weighted by molar-refractivity contribution is 6.05. The molecule has 2 amide bonds. The molecule has 3 aromatic carbocycles. The molecule has 0 unspecified atom stereocenters. The number of carbonyl (C=O) groups excluding carboxylic acids is 3. The smallest absolute Gasteiger partial charge is 0.262 e. The molecular formula is C26H26N2O6. The molecule has 8 heteroatoms. The predicted molar refractivity (Wildman–Crippen MR) is 129 cm³/mol. The average molecular weight is 463 g/mol. The number of hydrogen-bond acceptors (Lipinski definition) is 6. The highest BCUT2D eigenvalue weighted by atomic mass is 16.5. The summed E-state index contributed by atoms with van der Waals surface area (Å²) in [5, 5.41) is 5.51. The average Bonchev–Trinajstić information content (AvgIpc) is 2.88. The highest BCUT2D eigenvalue weighted by Crippen LogP contribution is 2.36. The Labute approximate surface area is 197 Å². The van der Waals surface area contributed by atoms with Gasteiger partial charge in [-0.3, -0.25) is 14.4 Å². The topological polar surface area (TPSA) is 103 Å². The van der Waals surface area contributed by atoms with Crippen LogP contribution in [0.1, 0.15) is 34.1 Å². The lowest BCUT2D eigenvalue weighted by atomic mass is 10.1. The number of hydrogen-bond donors (Lipinski definition) is 2. The molecule has 0 saturated heterocycles. The molecule has 3 rings (SSSR count). The molecular weight excluding hydrogens is 436 g/mol. The second kappa shape index (κ2) is 11.5. The van der Waals surface area contributed by atoms with Gasteiger partial charge in [-0.15, -0.1) is 0 Å². The van der Waals surface area contributed by atoms with Crippen molar-refractivity contribution in [2.45, 2.75) is 13.3 Å². The van der Waals surface area contributed by atoms with Crippen LogP contribution in [0, 0.1) is 0 Å². The van der Waals surface area contributed by atoms with E-state index in [0.29, 0.717) is 46.2 Å². The minimum absolute atomic E-state index is 0.0359. The maximum Gasteiger partial charge on any atom is 0.262 e. The molecule has 8 nitrogen and oxygen atoms in total. The van der Waals surface area contributed by atoms with Crippen LogP contribution in [0.25, 0.3) is 0 Å². The Kier molecular flexibility index (Phi) is 8.23. The molecule has 0 aromatic heterocycles. The van der Waals surface area contributed by atoms with Crippen LogP contribution in [0.15, 0.2) is 66.7 Å². The third kappa shape index (κ3) is 6.13. The Morgan fingerprint density at radius 1 is 0.765 bits per heavy atom. The van der Waals surface area contributed by atoms with Crippen LogP contribution in [0.4, 0.5) is 11.4 Å². The summed E-state index contributed by atoms with van der Waals surface area (Å²) in [7, 11) is 2.91. The zero-order chi connectivity index (χ0) is 24.5. The number of ether oxygens (including phenoxy) is 3. The van der Waals surface area contributed by atoms with Crippen LogP contribution in [0.3, 0.4) is 0 Å². The number of anilines is 2. The van der Waals surface area contributed by atoms with Crippen LogP contribution in [-0.2, 0) is 4.79 Å². The van der Waals surface area contributed by atoms with Crippen LogP contribution in [0.5, 0.6) is 17.2 Å². The SMILES string of the molecule is CCC(=O)c1ccc(OCC(=O)Nc2cc(OC)c(NC(=O)c3ccccc3)cc2OC)cc1. The maximum atomic E-state index is 12.5. The molecule has 0 aliphatic carbocycles. The van der Waals surface area contributed by atoms with E-state index in [4.69, 9.17) is 14.2 Å². The van der Waals surface area contributed by atoms with E-state index in [2.05, 4.69) is 10.6 Å². The largest absolute Gasteiger partial charge is 0.494 e. The molecule has 0 aliphatic heterocycles. The fraction of sp³-hybridized carbons (Fsp3) is 0.192. The van der Waals surface area contributed by atoms with Gasteiger partial charge in [-0.25, -0.2) is 0 Å². The summed E-state index contributed by atoms with van der Waals surface area (Å²) < 4.78 is 16.3. The first-order valence-electron chi connectivity index (χ1n) is 10.6. The van der Waals surface area contributed by atoms with Crippen LogP contribution < -0.4 is 24.8 Å². The summed E-state index contributed by atoms with van der Waals surface area (Å²) in [6.45, 7) is 1.54. The highest BCUT2D eigenvalue weighted by Gasteiger charge is 2.16. The first-order valence-corrected chi connectivity index (χ1v) is 10.6. The Morgan fingerprint density at radius 2 is 1.35 bits per heavy atom.